The number of hydrogen-bond donors (Lipinski definition) is 2. The van der Waals surface area contributed by atoms with Crippen molar-refractivity contribution in [3.8, 4) is 0 Å². The molecule has 0 aromatic carbocycles. The Hall–Kier alpha value is -1.34. The van der Waals surface area contributed by atoms with E-state index in [1.54, 1.807) is 20.8 Å². The number of hydroxylamine groups is 1. The van der Waals surface area contributed by atoms with Gasteiger partial charge >= 0.3 is 12.1 Å². The highest BCUT2D eigenvalue weighted by Gasteiger charge is 2.36. The van der Waals surface area contributed by atoms with Gasteiger partial charge in [0.05, 0.1) is 6.61 Å². The largest absolute Gasteiger partial charge is 0.479 e. The summed E-state index contributed by atoms with van der Waals surface area (Å²) in [6.45, 7) is 6.10. The van der Waals surface area contributed by atoms with Crippen LogP contribution in [0, 0.1) is 0 Å². The first kappa shape index (κ1) is 15.7. The van der Waals surface area contributed by atoms with Crippen LogP contribution in [-0.4, -0.2) is 42.1 Å². The Kier molecular flexibility index (Phi) is 5.37. The van der Waals surface area contributed by atoms with Crippen molar-refractivity contribution in [3.05, 3.63) is 0 Å². The van der Waals surface area contributed by atoms with Crippen molar-refractivity contribution in [1.82, 2.24) is 5.48 Å². The number of nitrogens with one attached hydrogen (secondary N) is 1. The highest BCUT2D eigenvalue weighted by Crippen LogP contribution is 2.11. The second kappa shape index (κ2) is 5.83. The summed E-state index contributed by atoms with van der Waals surface area (Å²) in [6.07, 6.45) is -0.860. The lowest BCUT2D eigenvalue weighted by Crippen LogP contribution is -2.48. The minimum absolute atomic E-state index is 0.210. The predicted molar refractivity (Wildman–Crippen MR) is 58.4 cm³/mol. The molecule has 7 heteroatoms. The van der Waals surface area contributed by atoms with Crippen LogP contribution in [0.4, 0.5) is 4.79 Å². The number of hydrogen-bond acceptors (Lipinski definition) is 5. The van der Waals surface area contributed by atoms with Crippen LogP contribution in [0.1, 0.15) is 27.7 Å². The van der Waals surface area contributed by atoms with Crippen LogP contribution in [0.15, 0.2) is 0 Å². The van der Waals surface area contributed by atoms with Crippen molar-refractivity contribution < 1.29 is 29.0 Å². The van der Waals surface area contributed by atoms with Gasteiger partial charge in [0.15, 0.2) is 0 Å². The van der Waals surface area contributed by atoms with Crippen LogP contribution in [0.25, 0.3) is 0 Å². The van der Waals surface area contributed by atoms with Crippen LogP contribution < -0.4 is 5.48 Å². The van der Waals surface area contributed by atoms with Crippen LogP contribution in [0.3, 0.4) is 0 Å². The van der Waals surface area contributed by atoms with E-state index in [1.807, 2.05) is 5.48 Å². The van der Waals surface area contributed by atoms with E-state index in [2.05, 4.69) is 0 Å². The second-order valence-electron chi connectivity index (χ2n) is 4.68. The Morgan fingerprint density at radius 3 is 2.12 bits per heavy atom. The van der Waals surface area contributed by atoms with Gasteiger partial charge in [-0.25, -0.2) is 9.59 Å². The van der Waals surface area contributed by atoms with Crippen LogP contribution in [-0.2, 0) is 19.1 Å². The summed E-state index contributed by atoms with van der Waals surface area (Å²) < 4.78 is 9.59. The zero-order chi connectivity index (χ0) is 13.7. The van der Waals surface area contributed by atoms with Crippen molar-refractivity contribution in [2.75, 3.05) is 13.7 Å². The quantitative estimate of drug-likeness (QED) is 0.704. The molecule has 0 aromatic rings. The zero-order valence-electron chi connectivity index (χ0n) is 10.7. The summed E-state index contributed by atoms with van der Waals surface area (Å²) in [6, 6.07) is 0. The molecule has 0 saturated carbocycles. The number of carbonyl (C=O) groups is 2. The van der Waals surface area contributed by atoms with Crippen molar-refractivity contribution in [1.29, 1.82) is 0 Å². The summed E-state index contributed by atoms with van der Waals surface area (Å²) >= 11 is 0. The van der Waals surface area contributed by atoms with Crippen LogP contribution >= 0.6 is 0 Å². The smallest absolute Gasteiger partial charge is 0.431 e. The molecule has 100 valence electrons. The van der Waals surface area contributed by atoms with Gasteiger partial charge in [0.2, 0.25) is 5.60 Å². The fraction of sp³-hybridized carbons (Fsp3) is 0.800. The monoisotopic (exact) mass is 249 g/mol. The van der Waals surface area contributed by atoms with E-state index >= 15 is 0 Å². The van der Waals surface area contributed by atoms with Gasteiger partial charge in [-0.2, -0.15) is 5.48 Å². The standard InChI is InChI=1S/C10H19NO6/c1-9(2,3)16-8(14)11-17-10(4,6-15-5)7(12)13/h6H2,1-5H3,(H,11,14)(H,12,13). The molecule has 0 radical (unpaired) electrons. The van der Waals surface area contributed by atoms with Crippen LogP contribution in [0.5, 0.6) is 0 Å². The van der Waals surface area contributed by atoms with Crippen molar-refractivity contribution in [3.63, 3.8) is 0 Å². The molecule has 17 heavy (non-hydrogen) atoms. The van der Waals surface area contributed by atoms with Crippen molar-refractivity contribution in [2.45, 2.75) is 38.9 Å². The van der Waals surface area contributed by atoms with E-state index in [0.29, 0.717) is 0 Å². The molecule has 0 fully saturated rings. The molecule has 0 bridgehead atoms. The fourth-order valence-corrected chi connectivity index (χ4v) is 0.864. The summed E-state index contributed by atoms with van der Waals surface area (Å²) in [5.74, 6) is -1.25. The van der Waals surface area contributed by atoms with E-state index < -0.39 is 23.3 Å². The molecule has 1 unspecified atom stereocenters. The molecule has 0 aliphatic rings. The summed E-state index contributed by atoms with van der Waals surface area (Å²) in [5, 5.41) is 8.91. The van der Waals surface area contributed by atoms with Crippen molar-refractivity contribution in [2.24, 2.45) is 0 Å². The maximum atomic E-state index is 11.2. The van der Waals surface area contributed by atoms with Gasteiger partial charge in [-0.15, -0.1) is 0 Å². The van der Waals surface area contributed by atoms with Gasteiger partial charge in [0.1, 0.15) is 5.60 Å². The Morgan fingerprint density at radius 1 is 1.24 bits per heavy atom. The maximum absolute atomic E-state index is 11.2. The average molecular weight is 249 g/mol. The van der Waals surface area contributed by atoms with Gasteiger partial charge in [0, 0.05) is 7.11 Å². The van der Waals surface area contributed by atoms with E-state index in [1.165, 1.54) is 14.0 Å². The van der Waals surface area contributed by atoms with Gasteiger partial charge in [-0.05, 0) is 27.7 Å². The molecule has 0 saturated heterocycles. The number of carboxylic acid groups (broad SMARTS) is 1. The lowest BCUT2D eigenvalue weighted by molar-refractivity contribution is -0.180. The third-order valence-corrected chi connectivity index (χ3v) is 1.63. The lowest BCUT2D eigenvalue weighted by Gasteiger charge is -2.25. The minimum atomic E-state index is -1.66. The van der Waals surface area contributed by atoms with E-state index in [9.17, 15) is 9.59 Å². The molecule has 1 amide bonds. The topological polar surface area (TPSA) is 94.1 Å². The molecule has 0 aliphatic carbocycles. The maximum Gasteiger partial charge on any atom is 0.431 e. The third-order valence-electron chi connectivity index (χ3n) is 1.63. The van der Waals surface area contributed by atoms with Gasteiger partial charge in [0.25, 0.3) is 0 Å². The van der Waals surface area contributed by atoms with Gasteiger partial charge < -0.3 is 14.6 Å². The molecule has 2 N–H and O–H groups in total. The summed E-state index contributed by atoms with van der Waals surface area (Å²) in [4.78, 5) is 26.9. The molecule has 0 rings (SSSR count). The van der Waals surface area contributed by atoms with Gasteiger partial charge in [-0.3, -0.25) is 4.84 Å². The predicted octanol–water partition coefficient (Wildman–Crippen LogP) is 0.932. The summed E-state index contributed by atoms with van der Waals surface area (Å²) in [7, 11) is 1.33. The molecular weight excluding hydrogens is 230 g/mol. The molecule has 0 heterocycles. The van der Waals surface area contributed by atoms with E-state index in [4.69, 9.17) is 19.4 Å². The third kappa shape index (κ3) is 6.08. The first-order valence-electron chi connectivity index (χ1n) is 5.00. The second-order valence-corrected chi connectivity index (χ2v) is 4.68. The first-order valence-corrected chi connectivity index (χ1v) is 5.00. The molecule has 7 nitrogen and oxygen atoms in total. The molecule has 0 spiro atoms. The van der Waals surface area contributed by atoms with Crippen molar-refractivity contribution >= 4 is 12.1 Å². The van der Waals surface area contributed by atoms with Crippen LogP contribution in [0.2, 0.25) is 0 Å². The van der Waals surface area contributed by atoms with Gasteiger partial charge in [-0.1, -0.05) is 0 Å². The highest BCUT2D eigenvalue weighted by molar-refractivity contribution is 5.77. The number of rotatable bonds is 5. The SMILES string of the molecule is COCC(C)(ONC(=O)OC(C)(C)C)C(=O)O. The lowest BCUT2D eigenvalue weighted by atomic mass is 10.1. The average Bonchev–Trinajstić information content (AvgIpc) is 2.12. The van der Waals surface area contributed by atoms with E-state index in [-0.39, 0.29) is 6.61 Å². The molecule has 0 aliphatic heterocycles. The Morgan fingerprint density at radius 2 is 1.76 bits per heavy atom. The number of carbonyl (C=O) groups excluding carboxylic acids is 1. The molecular formula is C10H19NO6. The first-order chi connectivity index (χ1) is 7.60. The zero-order valence-corrected chi connectivity index (χ0v) is 10.7. The number of aliphatic carboxylic acids is 1. The minimum Gasteiger partial charge on any atom is -0.479 e. The number of methoxy groups -OCH3 is 1. The molecule has 1 atom stereocenters. The highest BCUT2D eigenvalue weighted by atomic mass is 16.7. The summed E-state index contributed by atoms with van der Waals surface area (Å²) in [5.41, 5.74) is -0.423. The normalized spacial score (nSPS) is 14.9. The Bertz CT molecular complexity index is 285. The Balaban J connectivity index is 4.33. The fourth-order valence-electron chi connectivity index (χ4n) is 0.864. The number of carboxylic acids is 1. The molecule has 0 aromatic heterocycles. The number of amides is 1. The Labute approximate surface area is 100.0 Å². The number of ether oxygens (including phenoxy) is 2. The van der Waals surface area contributed by atoms with E-state index in [0.717, 1.165) is 0 Å².